The minimum absolute atomic E-state index is 0.325. The van der Waals surface area contributed by atoms with Crippen molar-refractivity contribution in [2.75, 3.05) is 16.6 Å². The lowest BCUT2D eigenvalue weighted by atomic mass is 10.2. The van der Waals surface area contributed by atoms with E-state index < -0.39 is 10.0 Å². The zero-order chi connectivity index (χ0) is 16.2. The Bertz CT molecular complexity index is 707. The van der Waals surface area contributed by atoms with Crippen LogP contribution < -0.4 is 10.0 Å². The minimum atomic E-state index is -3.53. The molecule has 0 radical (unpaired) electrons. The van der Waals surface area contributed by atoms with Crippen molar-refractivity contribution in [3.05, 3.63) is 35.3 Å². The largest absolute Gasteiger partial charge is 0.370 e. The van der Waals surface area contributed by atoms with Gasteiger partial charge in [-0.05, 0) is 36.6 Å². The quantitative estimate of drug-likeness (QED) is 0.809. The summed E-state index contributed by atoms with van der Waals surface area (Å²) < 4.78 is 27.5. The van der Waals surface area contributed by atoms with Crippen LogP contribution in [-0.4, -0.2) is 19.9 Å². The molecule has 2 rings (SSSR count). The van der Waals surface area contributed by atoms with Gasteiger partial charge in [0.05, 0.1) is 11.9 Å². The van der Waals surface area contributed by atoms with Gasteiger partial charge < -0.3 is 5.32 Å². The van der Waals surface area contributed by atoms with Gasteiger partial charge >= 0.3 is 0 Å². The molecule has 0 aliphatic carbocycles. The molecule has 0 fully saturated rings. The van der Waals surface area contributed by atoms with Gasteiger partial charge in [0.25, 0.3) is 10.0 Å². The highest BCUT2D eigenvalue weighted by atomic mass is 32.2. The third-order valence-corrected chi connectivity index (χ3v) is 6.06. The summed E-state index contributed by atoms with van der Waals surface area (Å²) in [6.45, 7) is 7.05. The van der Waals surface area contributed by atoms with Crippen LogP contribution in [0.25, 0.3) is 0 Å². The number of aryl methyl sites for hydroxylation is 1. The average molecular weight is 339 g/mol. The van der Waals surface area contributed by atoms with Crippen molar-refractivity contribution in [2.24, 2.45) is 5.92 Å². The molecule has 5 nitrogen and oxygen atoms in total. The van der Waals surface area contributed by atoms with Gasteiger partial charge in [-0.2, -0.15) is 0 Å². The monoisotopic (exact) mass is 339 g/mol. The second-order valence-corrected chi connectivity index (χ2v) is 8.46. The molecule has 0 aliphatic heterocycles. The van der Waals surface area contributed by atoms with E-state index in [2.05, 4.69) is 28.9 Å². The number of nitrogens with one attached hydrogen (secondary N) is 2. The zero-order valence-corrected chi connectivity index (χ0v) is 14.6. The van der Waals surface area contributed by atoms with Gasteiger partial charge in [0.1, 0.15) is 10.0 Å². The molecule has 2 N–H and O–H groups in total. The van der Waals surface area contributed by atoms with Crippen molar-refractivity contribution < 1.29 is 8.42 Å². The number of hydrogen-bond acceptors (Lipinski definition) is 5. The summed E-state index contributed by atoms with van der Waals surface area (Å²) in [4.78, 5) is 5.26. The molecule has 0 bridgehead atoms. The number of aromatic nitrogens is 1. The number of pyridine rings is 1. The highest BCUT2D eigenvalue weighted by molar-refractivity contribution is 7.94. The van der Waals surface area contributed by atoms with Crippen molar-refractivity contribution in [2.45, 2.75) is 31.4 Å². The molecule has 120 valence electrons. The van der Waals surface area contributed by atoms with Gasteiger partial charge in [-0.1, -0.05) is 20.8 Å². The van der Waals surface area contributed by atoms with Gasteiger partial charge in [0, 0.05) is 11.4 Å². The summed E-state index contributed by atoms with van der Waals surface area (Å²) >= 11 is 1.29. The smallest absolute Gasteiger partial charge is 0.271 e. The first-order valence-electron chi connectivity index (χ1n) is 7.22. The van der Waals surface area contributed by atoms with Gasteiger partial charge in [-0.15, -0.1) is 11.3 Å². The van der Waals surface area contributed by atoms with Crippen molar-refractivity contribution >= 4 is 32.9 Å². The maximum Gasteiger partial charge on any atom is 0.271 e. The molecule has 2 heterocycles. The molecular formula is C15H21N3O2S2. The van der Waals surface area contributed by atoms with Crippen LogP contribution in [0.2, 0.25) is 0 Å². The predicted molar refractivity (Wildman–Crippen MR) is 92.1 cm³/mol. The van der Waals surface area contributed by atoms with Crippen LogP contribution in [0.4, 0.5) is 11.5 Å². The molecule has 22 heavy (non-hydrogen) atoms. The van der Waals surface area contributed by atoms with E-state index in [1.807, 2.05) is 13.0 Å². The lowest BCUT2D eigenvalue weighted by molar-refractivity contribution is 0.603. The average Bonchev–Trinajstić information content (AvgIpc) is 2.96. The Morgan fingerprint density at radius 1 is 1.23 bits per heavy atom. The first-order chi connectivity index (χ1) is 10.4. The van der Waals surface area contributed by atoms with Crippen LogP contribution in [0, 0.1) is 5.92 Å². The molecule has 0 aromatic carbocycles. The molecule has 0 unspecified atom stereocenters. The zero-order valence-electron chi connectivity index (χ0n) is 13.0. The number of thiophene rings is 1. The van der Waals surface area contributed by atoms with Crippen LogP contribution >= 0.6 is 11.3 Å². The van der Waals surface area contributed by atoms with E-state index in [9.17, 15) is 8.42 Å². The van der Waals surface area contributed by atoms with E-state index in [4.69, 9.17) is 0 Å². The first kappa shape index (κ1) is 16.8. The molecule has 0 aliphatic rings. The summed E-state index contributed by atoms with van der Waals surface area (Å²) in [6.07, 6.45) is 2.35. The number of sulfonamides is 1. The van der Waals surface area contributed by atoms with Crippen molar-refractivity contribution in [3.63, 3.8) is 0 Å². The normalized spacial score (nSPS) is 11.6. The van der Waals surface area contributed by atoms with Gasteiger partial charge in [-0.25, -0.2) is 13.4 Å². The van der Waals surface area contributed by atoms with E-state index >= 15 is 0 Å². The van der Waals surface area contributed by atoms with Crippen LogP contribution in [0.15, 0.2) is 34.7 Å². The third kappa shape index (κ3) is 4.45. The number of nitrogens with zero attached hydrogens (tertiary/aromatic N) is 1. The molecule has 7 heteroatoms. The SMILES string of the molecule is CCc1ccc(S(=O)(=O)Nc2ccc(NCC(C)C)nc2)s1. The fourth-order valence-corrected chi connectivity index (χ4v) is 4.10. The van der Waals surface area contributed by atoms with Crippen molar-refractivity contribution in [1.82, 2.24) is 4.98 Å². The standard InChI is InChI=1S/C15H21N3O2S2/c1-4-13-6-8-15(21-13)22(19,20)18-12-5-7-14(17-10-12)16-9-11(2)3/h5-8,10-11,18H,4,9H2,1-3H3,(H,16,17). The topological polar surface area (TPSA) is 71.1 Å². The molecule has 2 aromatic rings. The molecule has 0 atom stereocenters. The highest BCUT2D eigenvalue weighted by Gasteiger charge is 2.16. The lowest BCUT2D eigenvalue weighted by Gasteiger charge is -2.09. The fourth-order valence-electron chi connectivity index (χ4n) is 1.77. The Morgan fingerprint density at radius 3 is 2.55 bits per heavy atom. The van der Waals surface area contributed by atoms with Crippen LogP contribution in [0.3, 0.4) is 0 Å². The van der Waals surface area contributed by atoms with Crippen LogP contribution in [0.1, 0.15) is 25.6 Å². The van der Waals surface area contributed by atoms with Crippen molar-refractivity contribution in [1.29, 1.82) is 0 Å². The maximum absolute atomic E-state index is 12.3. The molecule has 0 saturated carbocycles. The Kier molecular flexibility index (Phi) is 5.42. The third-order valence-electron chi connectivity index (χ3n) is 2.96. The van der Waals surface area contributed by atoms with Gasteiger partial charge in [-0.3, -0.25) is 4.72 Å². The predicted octanol–water partition coefficient (Wildman–Crippen LogP) is 3.57. The maximum atomic E-state index is 12.3. The highest BCUT2D eigenvalue weighted by Crippen LogP contribution is 2.24. The summed E-state index contributed by atoms with van der Waals surface area (Å²) in [7, 11) is -3.53. The van der Waals surface area contributed by atoms with Crippen LogP contribution in [0.5, 0.6) is 0 Å². The second-order valence-electron chi connectivity index (χ2n) is 5.39. The molecular weight excluding hydrogens is 318 g/mol. The molecule has 0 spiro atoms. The summed E-state index contributed by atoms with van der Waals surface area (Å²) in [6, 6.07) is 6.96. The molecule has 0 amide bonds. The lowest BCUT2D eigenvalue weighted by Crippen LogP contribution is -2.12. The van der Waals surface area contributed by atoms with E-state index in [0.29, 0.717) is 15.8 Å². The summed E-state index contributed by atoms with van der Waals surface area (Å²) in [5.41, 5.74) is 0.460. The minimum Gasteiger partial charge on any atom is -0.370 e. The molecule has 2 aromatic heterocycles. The number of rotatable bonds is 7. The van der Waals surface area contributed by atoms with E-state index in [-0.39, 0.29) is 0 Å². The van der Waals surface area contributed by atoms with Crippen molar-refractivity contribution in [3.8, 4) is 0 Å². The Hall–Kier alpha value is -1.60. The first-order valence-corrected chi connectivity index (χ1v) is 9.52. The second kappa shape index (κ2) is 7.11. The van der Waals surface area contributed by atoms with E-state index in [1.165, 1.54) is 17.5 Å². The Morgan fingerprint density at radius 2 is 2.00 bits per heavy atom. The Balaban J connectivity index is 2.06. The molecule has 0 saturated heterocycles. The fraction of sp³-hybridized carbons (Fsp3) is 0.400. The van der Waals surface area contributed by atoms with Crippen LogP contribution in [-0.2, 0) is 16.4 Å². The summed E-state index contributed by atoms with van der Waals surface area (Å²) in [5.74, 6) is 1.26. The number of anilines is 2. The van der Waals surface area contributed by atoms with E-state index in [1.54, 1.807) is 18.2 Å². The van der Waals surface area contributed by atoms with Gasteiger partial charge in [0.2, 0.25) is 0 Å². The van der Waals surface area contributed by atoms with Gasteiger partial charge in [0.15, 0.2) is 0 Å². The Labute approximate surface area is 135 Å². The van der Waals surface area contributed by atoms with E-state index in [0.717, 1.165) is 23.7 Å². The number of hydrogen-bond donors (Lipinski definition) is 2. The summed E-state index contributed by atoms with van der Waals surface area (Å²) in [5, 5.41) is 3.19.